The van der Waals surface area contributed by atoms with Gasteiger partial charge in [-0.05, 0) is 19.1 Å². The van der Waals surface area contributed by atoms with Crippen LogP contribution in [0, 0.1) is 11.3 Å². The fourth-order valence-electron chi connectivity index (χ4n) is 1.78. The Hall–Kier alpha value is -1.83. The van der Waals surface area contributed by atoms with Crippen molar-refractivity contribution in [3.05, 3.63) is 36.0 Å². The van der Waals surface area contributed by atoms with Gasteiger partial charge in [-0.1, -0.05) is 12.1 Å². The van der Waals surface area contributed by atoms with Gasteiger partial charge in [-0.2, -0.15) is 5.26 Å². The van der Waals surface area contributed by atoms with Gasteiger partial charge in [0.2, 0.25) is 0 Å². The van der Waals surface area contributed by atoms with Crippen molar-refractivity contribution in [2.45, 2.75) is 19.8 Å². The van der Waals surface area contributed by atoms with Crippen LogP contribution in [-0.2, 0) is 11.5 Å². The van der Waals surface area contributed by atoms with Gasteiger partial charge in [0, 0.05) is 11.6 Å². The molecule has 0 saturated carbocycles. The van der Waals surface area contributed by atoms with E-state index in [4.69, 9.17) is 15.1 Å². The molecule has 0 radical (unpaired) electrons. The molecule has 1 atom stereocenters. The number of rotatable bonds is 4. The topological polar surface area (TPSA) is 58.2 Å². The van der Waals surface area contributed by atoms with Gasteiger partial charge < -0.3 is 14.4 Å². The van der Waals surface area contributed by atoms with Gasteiger partial charge in [0.15, 0.2) is 0 Å². The van der Waals surface area contributed by atoms with E-state index in [2.05, 4.69) is 6.07 Å². The van der Waals surface area contributed by atoms with E-state index in [9.17, 15) is 0 Å². The lowest BCUT2D eigenvalue weighted by Crippen LogP contribution is -2.12. The summed E-state index contributed by atoms with van der Waals surface area (Å²) in [6, 6.07) is 9.72. The Bertz CT molecular complexity index is 552. The predicted molar refractivity (Wildman–Crippen MR) is 64.3 cm³/mol. The normalized spacial score (nSPS) is 12.5. The van der Waals surface area contributed by atoms with E-state index in [0.29, 0.717) is 12.3 Å². The number of aliphatic hydroxyl groups is 1. The highest BCUT2D eigenvalue weighted by molar-refractivity contribution is 5.85. The number of aliphatic hydroxyl groups excluding tert-OH is 1. The average Bonchev–Trinajstić information content (AvgIpc) is 2.72. The summed E-state index contributed by atoms with van der Waals surface area (Å²) in [6.07, 6.45) is 1.40. The van der Waals surface area contributed by atoms with Gasteiger partial charge in [-0.3, -0.25) is 0 Å². The van der Waals surface area contributed by atoms with Crippen molar-refractivity contribution in [1.29, 1.82) is 5.26 Å². The number of nitrogens with zero attached hydrogens (tertiary/aromatic N) is 2. The van der Waals surface area contributed by atoms with Crippen LogP contribution < -0.4 is 0 Å². The molecule has 0 aliphatic rings. The van der Waals surface area contributed by atoms with E-state index in [1.54, 1.807) is 13.0 Å². The number of hydrogen-bond donors (Lipinski definition) is 1. The molecular weight excluding hydrogens is 216 g/mol. The van der Waals surface area contributed by atoms with Crippen LogP contribution in [0.5, 0.6) is 0 Å². The Morgan fingerprint density at radius 1 is 1.47 bits per heavy atom. The Morgan fingerprint density at radius 2 is 2.29 bits per heavy atom. The number of ether oxygens (including phenoxy) is 1. The molecule has 1 aromatic heterocycles. The zero-order chi connectivity index (χ0) is 12.3. The molecule has 1 unspecified atom stereocenters. The molecule has 0 bridgehead atoms. The van der Waals surface area contributed by atoms with Crippen LogP contribution >= 0.6 is 0 Å². The molecule has 2 aromatic rings. The maximum absolute atomic E-state index is 9.11. The van der Waals surface area contributed by atoms with Gasteiger partial charge in [0.05, 0.1) is 23.8 Å². The summed E-state index contributed by atoms with van der Waals surface area (Å²) in [5, 5.41) is 19.2. The molecule has 1 heterocycles. The third kappa shape index (κ3) is 2.47. The second-order valence-electron chi connectivity index (χ2n) is 3.99. The molecule has 2 rings (SSSR count). The van der Waals surface area contributed by atoms with E-state index in [-0.39, 0.29) is 6.61 Å². The molecule has 4 heteroatoms. The standard InChI is InChI=1S/C13H14N2O2/c1-10(16)8-17-9-15-6-5-11-3-2-4-12(7-14)13(11)15/h2-6,10,16H,8-9H2,1H3. The molecule has 1 N–H and O–H groups in total. The van der Waals surface area contributed by atoms with E-state index in [1.807, 2.05) is 29.0 Å². The van der Waals surface area contributed by atoms with Crippen molar-refractivity contribution in [2.24, 2.45) is 0 Å². The first-order valence-corrected chi connectivity index (χ1v) is 5.46. The minimum absolute atomic E-state index is 0.286. The van der Waals surface area contributed by atoms with Crippen LogP contribution in [-0.4, -0.2) is 22.4 Å². The SMILES string of the molecule is CC(O)COCn1ccc2cccc(C#N)c21. The van der Waals surface area contributed by atoms with E-state index >= 15 is 0 Å². The van der Waals surface area contributed by atoms with Crippen molar-refractivity contribution < 1.29 is 9.84 Å². The molecule has 0 amide bonds. The fraction of sp³-hybridized carbons (Fsp3) is 0.308. The quantitative estimate of drug-likeness (QED) is 0.872. The molecule has 0 spiro atoms. The zero-order valence-electron chi connectivity index (χ0n) is 9.63. The Balaban J connectivity index is 2.26. The first-order chi connectivity index (χ1) is 8.22. The second kappa shape index (κ2) is 5.00. The molecule has 88 valence electrons. The summed E-state index contributed by atoms with van der Waals surface area (Å²) >= 11 is 0. The molecule has 0 aliphatic carbocycles. The maximum atomic E-state index is 9.11. The van der Waals surface area contributed by atoms with E-state index in [0.717, 1.165) is 10.9 Å². The Labute approximate surface area is 99.7 Å². The number of hydrogen-bond acceptors (Lipinski definition) is 3. The molecule has 0 fully saturated rings. The molecule has 0 aliphatic heterocycles. The van der Waals surface area contributed by atoms with Crippen molar-refractivity contribution in [3.8, 4) is 6.07 Å². The van der Waals surface area contributed by atoms with Crippen LogP contribution in [0.25, 0.3) is 10.9 Å². The minimum Gasteiger partial charge on any atom is -0.391 e. The monoisotopic (exact) mass is 230 g/mol. The Kier molecular flexibility index (Phi) is 3.43. The lowest BCUT2D eigenvalue weighted by atomic mass is 10.1. The summed E-state index contributed by atoms with van der Waals surface area (Å²) in [6.45, 7) is 2.30. The smallest absolute Gasteiger partial charge is 0.123 e. The Morgan fingerprint density at radius 3 is 3.00 bits per heavy atom. The molecule has 0 saturated heterocycles. The van der Waals surface area contributed by atoms with Crippen molar-refractivity contribution >= 4 is 10.9 Å². The van der Waals surface area contributed by atoms with Crippen molar-refractivity contribution in [3.63, 3.8) is 0 Å². The maximum Gasteiger partial charge on any atom is 0.123 e. The first-order valence-electron chi connectivity index (χ1n) is 5.46. The molecule has 17 heavy (non-hydrogen) atoms. The van der Waals surface area contributed by atoms with Crippen LogP contribution in [0.3, 0.4) is 0 Å². The summed E-state index contributed by atoms with van der Waals surface area (Å²) in [4.78, 5) is 0. The highest BCUT2D eigenvalue weighted by Crippen LogP contribution is 2.19. The lowest BCUT2D eigenvalue weighted by Gasteiger charge is -2.09. The third-order valence-electron chi connectivity index (χ3n) is 2.50. The number of benzene rings is 1. The number of para-hydroxylation sites is 1. The van der Waals surface area contributed by atoms with Gasteiger partial charge in [-0.25, -0.2) is 0 Å². The average molecular weight is 230 g/mol. The fourth-order valence-corrected chi connectivity index (χ4v) is 1.78. The number of aromatic nitrogens is 1. The third-order valence-corrected chi connectivity index (χ3v) is 2.50. The van der Waals surface area contributed by atoms with Gasteiger partial charge in [0.1, 0.15) is 12.8 Å². The summed E-state index contributed by atoms with van der Waals surface area (Å²) in [5.74, 6) is 0. The predicted octanol–water partition coefficient (Wildman–Crippen LogP) is 1.87. The molecule has 1 aromatic carbocycles. The zero-order valence-corrected chi connectivity index (χ0v) is 9.63. The highest BCUT2D eigenvalue weighted by atomic mass is 16.5. The second-order valence-corrected chi connectivity index (χ2v) is 3.99. The van der Waals surface area contributed by atoms with Crippen molar-refractivity contribution in [2.75, 3.05) is 6.61 Å². The first kappa shape index (κ1) is 11.6. The summed E-state index contributed by atoms with van der Waals surface area (Å²) in [7, 11) is 0. The minimum atomic E-state index is -0.479. The van der Waals surface area contributed by atoms with Gasteiger partial charge in [0.25, 0.3) is 0 Å². The van der Waals surface area contributed by atoms with E-state index < -0.39 is 6.10 Å². The van der Waals surface area contributed by atoms with Crippen molar-refractivity contribution in [1.82, 2.24) is 4.57 Å². The highest BCUT2D eigenvalue weighted by Gasteiger charge is 2.06. The summed E-state index contributed by atoms with van der Waals surface area (Å²) in [5.41, 5.74) is 1.51. The number of nitriles is 1. The largest absolute Gasteiger partial charge is 0.391 e. The van der Waals surface area contributed by atoms with E-state index in [1.165, 1.54) is 0 Å². The van der Waals surface area contributed by atoms with Gasteiger partial charge in [-0.15, -0.1) is 0 Å². The van der Waals surface area contributed by atoms with Crippen LogP contribution in [0.4, 0.5) is 0 Å². The van der Waals surface area contributed by atoms with Gasteiger partial charge >= 0.3 is 0 Å². The van der Waals surface area contributed by atoms with Crippen LogP contribution in [0.15, 0.2) is 30.5 Å². The number of fused-ring (bicyclic) bond motifs is 1. The van der Waals surface area contributed by atoms with Crippen LogP contribution in [0.1, 0.15) is 12.5 Å². The lowest BCUT2D eigenvalue weighted by molar-refractivity contribution is 0.0143. The van der Waals surface area contributed by atoms with Crippen LogP contribution in [0.2, 0.25) is 0 Å². The molecule has 4 nitrogen and oxygen atoms in total. The molecular formula is C13H14N2O2. The summed E-state index contributed by atoms with van der Waals surface area (Å²) < 4.78 is 7.22.